The van der Waals surface area contributed by atoms with E-state index in [4.69, 9.17) is 18.7 Å². The highest BCUT2D eigenvalue weighted by Crippen LogP contribution is 2.18. The van der Waals surface area contributed by atoms with Crippen molar-refractivity contribution in [2.75, 3.05) is 27.3 Å². The molecule has 0 N–H and O–H groups in total. The maximum atomic E-state index is 12.9. The van der Waals surface area contributed by atoms with Crippen molar-refractivity contribution in [1.29, 1.82) is 0 Å². The number of rotatable bonds is 10. The molecule has 2 aromatic carbocycles. The number of benzene rings is 2. The molecule has 3 rings (SSSR count). The van der Waals surface area contributed by atoms with Crippen molar-refractivity contribution >= 4 is 0 Å². The molecule has 0 aliphatic heterocycles. The minimum atomic E-state index is -0.285. The molecule has 0 aliphatic rings. The van der Waals surface area contributed by atoms with E-state index in [0.29, 0.717) is 42.9 Å². The van der Waals surface area contributed by atoms with Crippen LogP contribution in [0.25, 0.3) is 0 Å². The summed E-state index contributed by atoms with van der Waals surface area (Å²) < 4.78 is 34.4. The highest BCUT2D eigenvalue weighted by Gasteiger charge is 2.10. The molecule has 0 bridgehead atoms. The van der Waals surface area contributed by atoms with E-state index in [0.717, 1.165) is 5.75 Å². The maximum Gasteiger partial charge on any atom is 0.240 e. The normalized spacial score (nSPS) is 10.9. The van der Waals surface area contributed by atoms with E-state index in [-0.39, 0.29) is 12.4 Å². The van der Waals surface area contributed by atoms with E-state index in [2.05, 4.69) is 10.1 Å². The van der Waals surface area contributed by atoms with Crippen molar-refractivity contribution in [3.05, 3.63) is 66.1 Å². The van der Waals surface area contributed by atoms with Crippen LogP contribution in [0, 0.1) is 5.82 Å². The van der Waals surface area contributed by atoms with Gasteiger partial charge in [0.25, 0.3) is 0 Å². The molecular weight excluding hydrogens is 365 g/mol. The summed E-state index contributed by atoms with van der Waals surface area (Å²) in [5, 5.41) is 3.92. The Morgan fingerprint density at radius 2 is 1.61 bits per heavy atom. The smallest absolute Gasteiger partial charge is 0.240 e. The van der Waals surface area contributed by atoms with E-state index in [1.54, 1.807) is 19.2 Å². The summed E-state index contributed by atoms with van der Waals surface area (Å²) in [6.07, 6.45) is 0. The van der Waals surface area contributed by atoms with Crippen LogP contribution in [0.5, 0.6) is 17.2 Å². The van der Waals surface area contributed by atoms with Gasteiger partial charge in [-0.1, -0.05) is 5.16 Å². The molecule has 1 heterocycles. The van der Waals surface area contributed by atoms with Crippen molar-refractivity contribution in [2.24, 2.45) is 0 Å². The summed E-state index contributed by atoms with van der Waals surface area (Å²) in [5.74, 6) is 2.78. The SMILES string of the molecule is COc1ccc(OCc2noc(CN(C)CCOc3ccc(F)cc3)n2)cc1. The second kappa shape index (κ2) is 9.70. The fourth-order valence-electron chi connectivity index (χ4n) is 2.39. The number of hydrogen-bond acceptors (Lipinski definition) is 7. The second-order valence-corrected chi connectivity index (χ2v) is 6.11. The summed E-state index contributed by atoms with van der Waals surface area (Å²) in [7, 11) is 3.54. The maximum absolute atomic E-state index is 12.9. The van der Waals surface area contributed by atoms with Crippen LogP contribution in [0.15, 0.2) is 53.1 Å². The third kappa shape index (κ3) is 5.95. The Kier molecular flexibility index (Phi) is 6.80. The molecule has 0 atom stereocenters. The summed E-state index contributed by atoms with van der Waals surface area (Å²) in [6, 6.07) is 13.2. The van der Waals surface area contributed by atoms with E-state index in [1.165, 1.54) is 12.1 Å². The first-order valence-corrected chi connectivity index (χ1v) is 8.77. The molecule has 7 nitrogen and oxygen atoms in total. The average molecular weight is 387 g/mol. The van der Waals surface area contributed by atoms with E-state index < -0.39 is 0 Å². The molecule has 148 valence electrons. The number of nitrogens with zero attached hydrogens (tertiary/aromatic N) is 3. The van der Waals surface area contributed by atoms with Gasteiger partial charge in [-0.25, -0.2) is 4.39 Å². The third-order valence-electron chi connectivity index (χ3n) is 3.90. The van der Waals surface area contributed by atoms with Gasteiger partial charge in [-0.3, -0.25) is 4.90 Å². The monoisotopic (exact) mass is 387 g/mol. The number of ether oxygens (including phenoxy) is 3. The van der Waals surface area contributed by atoms with Gasteiger partial charge >= 0.3 is 0 Å². The largest absolute Gasteiger partial charge is 0.497 e. The zero-order chi connectivity index (χ0) is 19.8. The summed E-state index contributed by atoms with van der Waals surface area (Å²) in [5.41, 5.74) is 0. The summed E-state index contributed by atoms with van der Waals surface area (Å²) in [6.45, 7) is 1.82. The molecule has 0 saturated carbocycles. The van der Waals surface area contributed by atoms with Crippen LogP contribution < -0.4 is 14.2 Å². The highest BCUT2D eigenvalue weighted by atomic mass is 19.1. The first-order valence-electron chi connectivity index (χ1n) is 8.77. The van der Waals surface area contributed by atoms with Crippen LogP contribution in [0.1, 0.15) is 11.7 Å². The quantitative estimate of drug-likeness (QED) is 0.529. The Morgan fingerprint density at radius 3 is 2.32 bits per heavy atom. The molecule has 0 unspecified atom stereocenters. The molecular formula is C20H22FN3O4. The lowest BCUT2D eigenvalue weighted by Crippen LogP contribution is -2.24. The Morgan fingerprint density at radius 1 is 0.964 bits per heavy atom. The van der Waals surface area contributed by atoms with Crippen molar-refractivity contribution in [3.63, 3.8) is 0 Å². The molecule has 1 aromatic heterocycles. The molecule has 8 heteroatoms. The Balaban J connectivity index is 1.39. The second-order valence-electron chi connectivity index (χ2n) is 6.11. The first kappa shape index (κ1) is 19.6. The van der Waals surface area contributed by atoms with Gasteiger partial charge in [0.05, 0.1) is 13.7 Å². The molecule has 0 fully saturated rings. The van der Waals surface area contributed by atoms with Gasteiger partial charge in [0, 0.05) is 6.54 Å². The van der Waals surface area contributed by atoms with E-state index >= 15 is 0 Å². The molecule has 0 amide bonds. The Bertz CT molecular complexity index is 853. The van der Waals surface area contributed by atoms with Gasteiger partial charge in [0.2, 0.25) is 11.7 Å². The van der Waals surface area contributed by atoms with Gasteiger partial charge in [0.1, 0.15) is 29.7 Å². The predicted octanol–water partition coefficient (Wildman–Crippen LogP) is 3.31. The molecule has 3 aromatic rings. The van der Waals surface area contributed by atoms with Crippen molar-refractivity contribution < 1.29 is 23.1 Å². The summed E-state index contributed by atoms with van der Waals surface area (Å²) in [4.78, 5) is 6.31. The third-order valence-corrected chi connectivity index (χ3v) is 3.90. The lowest BCUT2D eigenvalue weighted by Gasteiger charge is -2.14. The standard InChI is InChI=1S/C20H22FN3O4/c1-24(11-12-26-17-5-3-15(21)4-6-17)13-20-22-19(23-28-20)14-27-18-9-7-16(25-2)8-10-18/h3-10H,11-14H2,1-2H3. The lowest BCUT2D eigenvalue weighted by molar-refractivity contribution is 0.212. The Hall–Kier alpha value is -3.13. The molecule has 0 aliphatic carbocycles. The van der Waals surface area contributed by atoms with Crippen LogP contribution in [0.3, 0.4) is 0 Å². The van der Waals surface area contributed by atoms with Crippen LogP contribution in [0.2, 0.25) is 0 Å². The van der Waals surface area contributed by atoms with Crippen LogP contribution in [0.4, 0.5) is 4.39 Å². The number of halogens is 1. The first-order chi connectivity index (χ1) is 13.6. The fourth-order valence-corrected chi connectivity index (χ4v) is 2.39. The van der Waals surface area contributed by atoms with Gasteiger partial charge in [-0.15, -0.1) is 0 Å². The molecule has 0 saturated heterocycles. The zero-order valence-electron chi connectivity index (χ0n) is 15.8. The van der Waals surface area contributed by atoms with Gasteiger partial charge < -0.3 is 18.7 Å². The van der Waals surface area contributed by atoms with Crippen LogP contribution in [-0.2, 0) is 13.2 Å². The fraction of sp³-hybridized carbons (Fsp3) is 0.300. The lowest BCUT2D eigenvalue weighted by atomic mass is 10.3. The van der Waals surface area contributed by atoms with Gasteiger partial charge in [-0.2, -0.15) is 4.98 Å². The van der Waals surface area contributed by atoms with Crippen LogP contribution in [-0.4, -0.2) is 42.3 Å². The minimum Gasteiger partial charge on any atom is -0.497 e. The number of aromatic nitrogens is 2. The average Bonchev–Trinajstić information content (AvgIpc) is 3.15. The zero-order valence-corrected chi connectivity index (χ0v) is 15.8. The van der Waals surface area contributed by atoms with E-state index in [1.807, 2.05) is 36.2 Å². The van der Waals surface area contributed by atoms with E-state index in [9.17, 15) is 4.39 Å². The van der Waals surface area contributed by atoms with Gasteiger partial charge in [0.15, 0.2) is 6.61 Å². The molecule has 0 spiro atoms. The number of likely N-dealkylation sites (N-methyl/N-ethyl adjacent to an activating group) is 1. The topological polar surface area (TPSA) is 69.9 Å². The van der Waals surface area contributed by atoms with Gasteiger partial charge in [-0.05, 0) is 55.6 Å². The minimum absolute atomic E-state index is 0.215. The van der Waals surface area contributed by atoms with Crippen molar-refractivity contribution in [1.82, 2.24) is 15.0 Å². The van der Waals surface area contributed by atoms with Crippen molar-refractivity contribution in [3.8, 4) is 17.2 Å². The summed E-state index contributed by atoms with van der Waals surface area (Å²) >= 11 is 0. The number of hydrogen-bond donors (Lipinski definition) is 0. The highest BCUT2D eigenvalue weighted by molar-refractivity contribution is 5.31. The Labute approximate surface area is 162 Å². The molecule has 28 heavy (non-hydrogen) atoms. The van der Waals surface area contributed by atoms with Crippen LogP contribution >= 0.6 is 0 Å². The molecule has 0 radical (unpaired) electrons. The van der Waals surface area contributed by atoms with Crippen molar-refractivity contribution in [2.45, 2.75) is 13.2 Å². The predicted molar refractivity (Wildman–Crippen MR) is 99.9 cm³/mol. The number of methoxy groups -OCH3 is 1.